The molecule has 0 spiro atoms. The van der Waals surface area contributed by atoms with Crippen LogP contribution in [-0.4, -0.2) is 37.5 Å². The van der Waals surface area contributed by atoms with E-state index in [-0.39, 0.29) is 29.4 Å². The van der Waals surface area contributed by atoms with E-state index >= 15 is 0 Å². The number of hydrogen-bond donors (Lipinski definition) is 1. The van der Waals surface area contributed by atoms with Gasteiger partial charge in [-0.15, -0.1) is 11.3 Å². The molecule has 1 N–H and O–H groups in total. The predicted octanol–water partition coefficient (Wildman–Crippen LogP) is 3.83. The smallest absolute Gasteiger partial charge is 0.243 e. The van der Waals surface area contributed by atoms with Gasteiger partial charge in [0.2, 0.25) is 15.9 Å². The van der Waals surface area contributed by atoms with Gasteiger partial charge < -0.3 is 5.32 Å². The van der Waals surface area contributed by atoms with Gasteiger partial charge in [-0.25, -0.2) is 8.42 Å². The molecule has 1 fully saturated rings. The van der Waals surface area contributed by atoms with Crippen LogP contribution in [0.2, 0.25) is 0 Å². The monoisotopic (exact) mass is 420 g/mol. The molecule has 0 bridgehead atoms. The summed E-state index contributed by atoms with van der Waals surface area (Å²) >= 11 is 1.42. The number of ketones is 1. The number of Topliss-reactive ketones (excluding diaryl/α,β-unsaturated/α-hetero) is 1. The van der Waals surface area contributed by atoms with E-state index in [9.17, 15) is 18.0 Å². The molecule has 1 saturated heterocycles. The van der Waals surface area contributed by atoms with E-state index in [1.54, 1.807) is 18.2 Å². The summed E-state index contributed by atoms with van der Waals surface area (Å²) in [5.41, 5.74) is 0.516. The van der Waals surface area contributed by atoms with E-state index in [0.29, 0.717) is 23.7 Å². The lowest BCUT2D eigenvalue weighted by molar-refractivity contribution is -0.116. The maximum Gasteiger partial charge on any atom is 0.243 e. The third kappa shape index (κ3) is 5.06. The van der Waals surface area contributed by atoms with Crippen LogP contribution in [0.3, 0.4) is 0 Å². The van der Waals surface area contributed by atoms with Gasteiger partial charge in [0, 0.05) is 36.5 Å². The molecule has 150 valence electrons. The van der Waals surface area contributed by atoms with Crippen molar-refractivity contribution in [3.05, 3.63) is 46.2 Å². The number of thiophene rings is 1. The molecule has 0 unspecified atom stereocenters. The average molecular weight is 421 g/mol. The summed E-state index contributed by atoms with van der Waals surface area (Å²) in [6.45, 7) is 3.04. The lowest BCUT2D eigenvalue weighted by atomic mass is 10.2. The fraction of sp³-hybridized carbons (Fsp3) is 0.400. The Bertz CT molecular complexity index is 943. The van der Waals surface area contributed by atoms with Crippen LogP contribution < -0.4 is 5.32 Å². The van der Waals surface area contributed by atoms with Crippen LogP contribution >= 0.6 is 11.3 Å². The van der Waals surface area contributed by atoms with Crippen LogP contribution in [0.5, 0.6) is 0 Å². The highest BCUT2D eigenvalue weighted by Gasteiger charge is 2.25. The molecule has 0 saturated carbocycles. The average Bonchev–Trinajstić information content (AvgIpc) is 3.14. The van der Waals surface area contributed by atoms with Gasteiger partial charge in [-0.05, 0) is 56.2 Å². The van der Waals surface area contributed by atoms with Crippen LogP contribution in [0, 0.1) is 6.92 Å². The number of carbonyl (C=O) groups is 2. The Hall–Kier alpha value is -2.03. The molecule has 1 aromatic heterocycles. The lowest BCUT2D eigenvalue weighted by Gasteiger charge is -2.25. The Morgan fingerprint density at radius 2 is 1.68 bits per heavy atom. The van der Waals surface area contributed by atoms with Crippen molar-refractivity contribution in [3.63, 3.8) is 0 Å². The molecule has 6 nitrogen and oxygen atoms in total. The van der Waals surface area contributed by atoms with Gasteiger partial charge >= 0.3 is 0 Å². The first-order chi connectivity index (χ1) is 13.4. The normalized spacial score (nSPS) is 15.3. The van der Waals surface area contributed by atoms with E-state index in [4.69, 9.17) is 0 Å². The summed E-state index contributed by atoms with van der Waals surface area (Å²) in [6.07, 6.45) is 3.07. The fourth-order valence-electron chi connectivity index (χ4n) is 3.12. The number of anilines is 1. The Balaban J connectivity index is 1.55. The van der Waals surface area contributed by atoms with Crippen LogP contribution in [0.1, 0.15) is 46.7 Å². The molecule has 0 atom stereocenters. The van der Waals surface area contributed by atoms with Crippen LogP contribution in [0.25, 0.3) is 0 Å². The van der Waals surface area contributed by atoms with Gasteiger partial charge in [-0.1, -0.05) is 6.42 Å². The Kier molecular flexibility index (Phi) is 6.64. The number of amides is 1. The second-order valence-corrected chi connectivity index (χ2v) is 10.1. The van der Waals surface area contributed by atoms with Crippen molar-refractivity contribution >= 4 is 38.7 Å². The number of carbonyl (C=O) groups excluding carboxylic acids is 2. The first kappa shape index (κ1) is 20.7. The van der Waals surface area contributed by atoms with Gasteiger partial charge in [-0.3, -0.25) is 9.59 Å². The van der Waals surface area contributed by atoms with E-state index in [2.05, 4.69) is 5.32 Å². The summed E-state index contributed by atoms with van der Waals surface area (Å²) in [7, 11) is -3.48. The van der Waals surface area contributed by atoms with Crippen molar-refractivity contribution in [2.24, 2.45) is 0 Å². The number of hydrogen-bond acceptors (Lipinski definition) is 5. The molecule has 3 rings (SSSR count). The molecular weight excluding hydrogens is 396 g/mol. The van der Waals surface area contributed by atoms with Crippen molar-refractivity contribution in [1.29, 1.82) is 0 Å². The second kappa shape index (κ2) is 8.98. The van der Waals surface area contributed by atoms with Crippen molar-refractivity contribution in [3.8, 4) is 0 Å². The van der Waals surface area contributed by atoms with Gasteiger partial charge in [0.15, 0.2) is 5.78 Å². The first-order valence-electron chi connectivity index (χ1n) is 9.36. The zero-order valence-corrected chi connectivity index (χ0v) is 17.4. The number of nitrogens with zero attached hydrogens (tertiary/aromatic N) is 1. The minimum absolute atomic E-state index is 0.0452. The Labute approximate surface area is 169 Å². The Morgan fingerprint density at radius 3 is 2.29 bits per heavy atom. The van der Waals surface area contributed by atoms with Gasteiger partial charge in [0.1, 0.15) is 0 Å². The van der Waals surface area contributed by atoms with Gasteiger partial charge in [0.05, 0.1) is 9.77 Å². The fourth-order valence-corrected chi connectivity index (χ4v) is 5.47. The predicted molar refractivity (Wildman–Crippen MR) is 110 cm³/mol. The highest BCUT2D eigenvalue weighted by atomic mass is 32.2. The van der Waals surface area contributed by atoms with Crippen molar-refractivity contribution in [2.45, 2.75) is 43.9 Å². The molecular formula is C20H24N2O4S2. The third-order valence-corrected chi connectivity index (χ3v) is 7.64. The van der Waals surface area contributed by atoms with Crippen molar-refractivity contribution < 1.29 is 18.0 Å². The minimum Gasteiger partial charge on any atom is -0.326 e. The molecule has 8 heteroatoms. The van der Waals surface area contributed by atoms with Crippen molar-refractivity contribution in [2.75, 3.05) is 18.4 Å². The zero-order chi connectivity index (χ0) is 20.1. The summed E-state index contributed by atoms with van der Waals surface area (Å²) in [4.78, 5) is 26.1. The van der Waals surface area contributed by atoms with Gasteiger partial charge in [-0.2, -0.15) is 4.31 Å². The number of aryl methyl sites for hydroxylation is 1. The molecule has 1 aliphatic rings. The number of benzene rings is 1. The number of nitrogens with one attached hydrogen (secondary N) is 1. The standard InChI is InChI=1S/C20H24N2O4S2/c1-15-5-11-19(27-15)18(23)10-12-20(24)21-16-6-8-17(9-7-16)28(25,26)22-13-3-2-4-14-22/h5-9,11H,2-4,10,12-14H2,1H3,(H,21,24). The quantitative estimate of drug-likeness (QED) is 0.690. The Morgan fingerprint density at radius 1 is 1.00 bits per heavy atom. The topological polar surface area (TPSA) is 83.5 Å². The molecule has 0 radical (unpaired) electrons. The zero-order valence-electron chi connectivity index (χ0n) is 15.8. The van der Waals surface area contributed by atoms with E-state index in [0.717, 1.165) is 24.1 Å². The maximum atomic E-state index is 12.6. The van der Waals surface area contributed by atoms with E-state index in [1.807, 2.05) is 13.0 Å². The molecule has 0 aliphatic carbocycles. The lowest BCUT2D eigenvalue weighted by Crippen LogP contribution is -2.35. The molecule has 1 amide bonds. The highest BCUT2D eigenvalue weighted by molar-refractivity contribution is 7.89. The second-order valence-electron chi connectivity index (χ2n) is 6.87. The number of rotatable bonds is 7. The maximum absolute atomic E-state index is 12.6. The summed E-state index contributed by atoms with van der Waals surface area (Å²) < 4.78 is 26.8. The third-order valence-electron chi connectivity index (χ3n) is 4.69. The molecule has 2 heterocycles. The number of piperidine rings is 1. The summed E-state index contributed by atoms with van der Waals surface area (Å²) in [6, 6.07) is 9.86. The molecule has 1 aliphatic heterocycles. The van der Waals surface area contributed by atoms with Crippen molar-refractivity contribution in [1.82, 2.24) is 4.31 Å². The van der Waals surface area contributed by atoms with Crippen LogP contribution in [0.15, 0.2) is 41.3 Å². The largest absolute Gasteiger partial charge is 0.326 e. The summed E-state index contributed by atoms with van der Waals surface area (Å²) in [5, 5.41) is 2.72. The van der Waals surface area contributed by atoms with E-state index < -0.39 is 10.0 Å². The van der Waals surface area contributed by atoms with Crippen LogP contribution in [0.4, 0.5) is 5.69 Å². The number of sulfonamides is 1. The molecule has 2 aromatic rings. The highest BCUT2D eigenvalue weighted by Crippen LogP contribution is 2.22. The minimum atomic E-state index is -3.48. The SMILES string of the molecule is Cc1ccc(C(=O)CCC(=O)Nc2ccc(S(=O)(=O)N3CCCCC3)cc2)s1. The summed E-state index contributed by atoms with van der Waals surface area (Å²) in [5.74, 6) is -0.315. The van der Waals surface area contributed by atoms with E-state index in [1.165, 1.54) is 27.8 Å². The molecule has 1 aromatic carbocycles. The van der Waals surface area contributed by atoms with Gasteiger partial charge in [0.25, 0.3) is 0 Å². The molecule has 28 heavy (non-hydrogen) atoms. The van der Waals surface area contributed by atoms with Crippen LogP contribution in [-0.2, 0) is 14.8 Å². The first-order valence-corrected chi connectivity index (χ1v) is 11.6.